The van der Waals surface area contributed by atoms with E-state index in [1.165, 1.54) is 7.05 Å². The standard InChI is InChI=1S/CH5N.Cl2OS/c1-2;1-4(2)3/h2H2,1H3;. The zero-order valence-electron chi connectivity index (χ0n) is 3.15. The van der Waals surface area contributed by atoms with Gasteiger partial charge in [0, 0.05) is 0 Å². The van der Waals surface area contributed by atoms with Crippen molar-refractivity contribution in [3.8, 4) is 0 Å². The normalized spacial score (nSPS) is 7.00. The molecule has 0 heterocycles. The van der Waals surface area contributed by atoms with Crippen LogP contribution in [-0.2, 0) is 9.60 Å². The van der Waals surface area contributed by atoms with Crippen LogP contribution in [0.25, 0.3) is 0 Å². The molecule has 0 amide bonds. The molecule has 6 heavy (non-hydrogen) atoms. The molecule has 0 unspecified atom stereocenters. The van der Waals surface area contributed by atoms with Gasteiger partial charge in [0.15, 0.2) is 31.0 Å². The molecule has 0 spiro atoms. The SMILES string of the molecule is CN.[O-][S+](Cl)Cl. The third kappa shape index (κ3) is 99.5. The molecule has 0 radical (unpaired) electrons. The van der Waals surface area contributed by atoms with Crippen LogP contribution in [0.3, 0.4) is 0 Å². The highest BCUT2D eigenvalue weighted by molar-refractivity contribution is 8.31. The first-order chi connectivity index (χ1) is 2.73. The van der Waals surface area contributed by atoms with Crippen molar-refractivity contribution in [2.24, 2.45) is 5.73 Å². The van der Waals surface area contributed by atoms with Crippen LogP contribution < -0.4 is 5.73 Å². The summed E-state index contributed by atoms with van der Waals surface area (Å²) >= 11 is 0. The number of nitrogens with two attached hydrogens (primary N) is 1. The van der Waals surface area contributed by atoms with Crippen molar-refractivity contribution in [3.05, 3.63) is 0 Å². The molecule has 0 aromatic heterocycles. The van der Waals surface area contributed by atoms with Gasteiger partial charge in [-0.3, -0.25) is 0 Å². The highest BCUT2D eigenvalue weighted by atomic mass is 36.0. The van der Waals surface area contributed by atoms with Gasteiger partial charge in [0.05, 0.1) is 0 Å². The minimum Gasteiger partial charge on any atom is -0.582 e. The Morgan fingerprint density at radius 2 is 1.50 bits per heavy atom. The molecular formula is CH5Cl2NOS. The van der Waals surface area contributed by atoms with Crippen molar-refractivity contribution in [2.75, 3.05) is 7.05 Å². The van der Waals surface area contributed by atoms with E-state index in [4.69, 9.17) is 4.55 Å². The second-order valence-electron chi connectivity index (χ2n) is 0.184. The predicted molar refractivity (Wildman–Crippen MR) is 30.0 cm³/mol. The van der Waals surface area contributed by atoms with Crippen LogP contribution in [0.15, 0.2) is 0 Å². The van der Waals surface area contributed by atoms with Crippen LogP contribution in [0.5, 0.6) is 0 Å². The molecule has 2 N–H and O–H groups in total. The summed E-state index contributed by atoms with van der Waals surface area (Å²) < 4.78 is 9.09. The molecular weight excluding hydrogens is 145 g/mol. The predicted octanol–water partition coefficient (Wildman–Crippen LogP) is 0.618. The molecule has 40 valence electrons. The lowest BCUT2D eigenvalue weighted by Gasteiger charge is -1.73. The van der Waals surface area contributed by atoms with Crippen LogP contribution in [0.1, 0.15) is 0 Å². The maximum Gasteiger partial charge on any atom is 0.198 e. The quantitative estimate of drug-likeness (QED) is 0.514. The summed E-state index contributed by atoms with van der Waals surface area (Å²) in [5, 5.41) is 0. The Hall–Kier alpha value is 0.850. The smallest absolute Gasteiger partial charge is 0.198 e. The van der Waals surface area contributed by atoms with Crippen molar-refractivity contribution < 1.29 is 4.55 Å². The van der Waals surface area contributed by atoms with Crippen LogP contribution in [0.4, 0.5) is 0 Å². The van der Waals surface area contributed by atoms with E-state index in [1.54, 1.807) is 0 Å². The van der Waals surface area contributed by atoms with Gasteiger partial charge in [-0.15, -0.1) is 0 Å². The summed E-state index contributed by atoms with van der Waals surface area (Å²) in [7, 11) is 8.86. The first-order valence-corrected chi connectivity index (χ1v) is 3.85. The third-order valence-corrected chi connectivity index (χ3v) is 0. The van der Waals surface area contributed by atoms with Crippen LogP contribution in [0.2, 0.25) is 0 Å². The lowest BCUT2D eigenvalue weighted by atomic mass is 11.6. The lowest BCUT2D eigenvalue weighted by Crippen LogP contribution is -1.69. The van der Waals surface area contributed by atoms with Crippen molar-refractivity contribution in [2.45, 2.75) is 0 Å². The molecule has 0 aliphatic carbocycles. The molecule has 2 nitrogen and oxygen atoms in total. The molecule has 0 saturated heterocycles. The van der Waals surface area contributed by atoms with E-state index in [0.717, 1.165) is 0 Å². The van der Waals surface area contributed by atoms with Gasteiger partial charge >= 0.3 is 0 Å². The van der Waals surface area contributed by atoms with E-state index in [2.05, 4.69) is 27.1 Å². The molecule has 0 bridgehead atoms. The summed E-state index contributed by atoms with van der Waals surface area (Å²) in [6.07, 6.45) is 0. The van der Waals surface area contributed by atoms with E-state index < -0.39 is 9.60 Å². The minimum absolute atomic E-state index is 1.50. The largest absolute Gasteiger partial charge is 0.582 e. The first-order valence-electron chi connectivity index (χ1n) is 1.05. The maximum atomic E-state index is 9.09. The highest BCUT2D eigenvalue weighted by Gasteiger charge is 1.83. The third-order valence-electron chi connectivity index (χ3n) is 0. The summed E-state index contributed by atoms with van der Waals surface area (Å²) in [6.45, 7) is 0. The second kappa shape index (κ2) is 9.28. The van der Waals surface area contributed by atoms with Crippen molar-refractivity contribution in [1.82, 2.24) is 0 Å². The van der Waals surface area contributed by atoms with Crippen molar-refractivity contribution in [3.63, 3.8) is 0 Å². The lowest BCUT2D eigenvalue weighted by molar-refractivity contribution is 0.620. The first kappa shape index (κ1) is 9.97. The number of hydrogen-bond acceptors (Lipinski definition) is 2. The van der Waals surface area contributed by atoms with Crippen molar-refractivity contribution >= 4 is 31.0 Å². The zero-order chi connectivity index (χ0) is 5.58. The van der Waals surface area contributed by atoms with E-state index in [-0.39, 0.29) is 0 Å². The van der Waals surface area contributed by atoms with E-state index in [9.17, 15) is 0 Å². The zero-order valence-corrected chi connectivity index (χ0v) is 5.48. The van der Waals surface area contributed by atoms with Crippen molar-refractivity contribution in [1.29, 1.82) is 0 Å². The molecule has 5 heteroatoms. The van der Waals surface area contributed by atoms with Gasteiger partial charge in [-0.1, -0.05) is 0 Å². The van der Waals surface area contributed by atoms with E-state index in [0.29, 0.717) is 0 Å². The average molecular weight is 150 g/mol. The van der Waals surface area contributed by atoms with E-state index >= 15 is 0 Å². The monoisotopic (exact) mass is 149 g/mol. The number of hydrogen-bond donors (Lipinski definition) is 1. The molecule has 0 atom stereocenters. The maximum absolute atomic E-state index is 9.09. The Bertz CT molecular complexity index is 18.3. The molecule has 0 aliphatic heterocycles. The van der Waals surface area contributed by atoms with Gasteiger partial charge in [-0.25, -0.2) is 0 Å². The number of rotatable bonds is 0. The Labute approximate surface area is 48.8 Å². The van der Waals surface area contributed by atoms with Gasteiger partial charge in [-0.05, 0) is 7.05 Å². The number of halogens is 2. The topological polar surface area (TPSA) is 49.1 Å². The highest BCUT2D eigenvalue weighted by Crippen LogP contribution is 1.98. The Morgan fingerprint density at radius 3 is 1.50 bits per heavy atom. The molecule has 0 rings (SSSR count). The fourth-order valence-corrected chi connectivity index (χ4v) is 0. The fraction of sp³-hybridized carbons (Fsp3) is 1.00. The van der Waals surface area contributed by atoms with Gasteiger partial charge in [0.1, 0.15) is 0 Å². The Balaban J connectivity index is 0. The summed E-state index contributed by atoms with van der Waals surface area (Å²) in [6, 6.07) is 0. The fourth-order valence-electron chi connectivity index (χ4n) is 0. The molecule has 0 aromatic rings. The summed E-state index contributed by atoms with van der Waals surface area (Å²) in [5.41, 5.74) is 4.50. The average Bonchev–Trinajstić information content (AvgIpc) is 1.41. The summed E-state index contributed by atoms with van der Waals surface area (Å²) in [5.74, 6) is 0. The molecule has 0 saturated carbocycles. The Morgan fingerprint density at radius 1 is 1.50 bits per heavy atom. The van der Waals surface area contributed by atoms with Gasteiger partial charge in [0.2, 0.25) is 0 Å². The molecule has 0 aromatic carbocycles. The second-order valence-corrected chi connectivity index (χ2v) is 2.71. The Kier molecular flexibility index (Phi) is 15.4. The van der Waals surface area contributed by atoms with Crippen LogP contribution >= 0.6 is 21.4 Å². The van der Waals surface area contributed by atoms with Crippen LogP contribution in [-0.4, -0.2) is 11.6 Å². The molecule has 0 fully saturated rings. The van der Waals surface area contributed by atoms with Crippen LogP contribution in [0, 0.1) is 0 Å². The molecule has 0 aliphatic rings. The van der Waals surface area contributed by atoms with Gasteiger partial charge < -0.3 is 10.3 Å². The summed E-state index contributed by atoms with van der Waals surface area (Å²) in [4.78, 5) is 0. The van der Waals surface area contributed by atoms with Gasteiger partial charge in [-0.2, -0.15) is 0 Å². The van der Waals surface area contributed by atoms with E-state index in [1.807, 2.05) is 0 Å². The minimum atomic E-state index is -1.67. The van der Waals surface area contributed by atoms with Gasteiger partial charge in [0.25, 0.3) is 0 Å².